The number of benzene rings is 1. The van der Waals surface area contributed by atoms with Crippen molar-refractivity contribution in [3.8, 4) is 0 Å². The van der Waals surface area contributed by atoms with Gasteiger partial charge in [-0.3, -0.25) is 4.90 Å². The van der Waals surface area contributed by atoms with E-state index >= 15 is 0 Å². The van der Waals surface area contributed by atoms with E-state index < -0.39 is 12.7 Å². The molecule has 2 N–H and O–H groups in total. The molecular weight excluding hydrogens is 303 g/mol. The number of anilines is 1. The smallest absolute Gasteiger partial charge is 0.368 e. The van der Waals surface area contributed by atoms with Crippen LogP contribution < -0.4 is 10.6 Å². The fraction of sp³-hybridized carbons (Fsp3) is 0.571. The van der Waals surface area contributed by atoms with Gasteiger partial charge in [-0.2, -0.15) is 13.2 Å². The number of halogens is 4. The molecule has 1 saturated heterocycles. The van der Waals surface area contributed by atoms with E-state index in [1.165, 1.54) is 4.90 Å². The monoisotopic (exact) mass is 321 g/mol. The molecule has 3 nitrogen and oxygen atoms in total. The molecule has 1 aromatic rings. The number of rotatable bonds is 4. The van der Waals surface area contributed by atoms with Crippen LogP contribution >= 0.6 is 11.6 Å². The number of hydrogen-bond donors (Lipinski definition) is 1. The van der Waals surface area contributed by atoms with Crippen molar-refractivity contribution < 1.29 is 13.2 Å². The maximum absolute atomic E-state index is 12.4. The van der Waals surface area contributed by atoms with Gasteiger partial charge in [0.05, 0.1) is 17.3 Å². The molecule has 1 aromatic carbocycles. The van der Waals surface area contributed by atoms with Gasteiger partial charge in [-0.15, -0.1) is 0 Å². The van der Waals surface area contributed by atoms with E-state index in [9.17, 15) is 13.2 Å². The molecule has 0 radical (unpaired) electrons. The molecule has 1 heterocycles. The molecule has 7 heteroatoms. The summed E-state index contributed by atoms with van der Waals surface area (Å²) in [7, 11) is 0. The number of nitrogens with zero attached hydrogens (tertiary/aromatic N) is 2. The summed E-state index contributed by atoms with van der Waals surface area (Å²) < 4.78 is 37.1. The summed E-state index contributed by atoms with van der Waals surface area (Å²) in [5.74, 6) is 0. The normalized spacial score (nSPS) is 17.3. The molecule has 21 heavy (non-hydrogen) atoms. The zero-order valence-electron chi connectivity index (χ0n) is 11.7. The lowest BCUT2D eigenvalue weighted by Crippen LogP contribution is -2.49. The second kappa shape index (κ2) is 6.85. The van der Waals surface area contributed by atoms with Crippen LogP contribution in [0.3, 0.4) is 0 Å². The van der Waals surface area contributed by atoms with Gasteiger partial charge >= 0.3 is 6.18 Å². The van der Waals surface area contributed by atoms with Crippen molar-refractivity contribution in [2.45, 2.75) is 12.6 Å². The highest BCUT2D eigenvalue weighted by Gasteiger charge is 2.32. The van der Waals surface area contributed by atoms with Crippen LogP contribution in [0.15, 0.2) is 18.2 Å². The van der Waals surface area contributed by atoms with Crippen molar-refractivity contribution in [3.05, 3.63) is 28.8 Å². The second-order valence-electron chi connectivity index (χ2n) is 5.20. The van der Waals surface area contributed by atoms with Crippen molar-refractivity contribution in [3.63, 3.8) is 0 Å². The van der Waals surface area contributed by atoms with Gasteiger partial charge < -0.3 is 10.6 Å². The van der Waals surface area contributed by atoms with Crippen LogP contribution in [0.25, 0.3) is 0 Å². The Balaban J connectivity index is 1.96. The van der Waals surface area contributed by atoms with Gasteiger partial charge in [0.25, 0.3) is 0 Å². The third kappa shape index (κ3) is 4.76. The van der Waals surface area contributed by atoms with Gasteiger partial charge in [-0.1, -0.05) is 17.7 Å². The Morgan fingerprint density at radius 3 is 2.33 bits per heavy atom. The highest BCUT2D eigenvalue weighted by Crippen LogP contribution is 2.28. The van der Waals surface area contributed by atoms with E-state index in [-0.39, 0.29) is 0 Å². The Bertz CT molecular complexity index is 471. The first kappa shape index (κ1) is 16.4. The average Bonchev–Trinajstić information content (AvgIpc) is 2.39. The molecule has 0 spiro atoms. The summed E-state index contributed by atoms with van der Waals surface area (Å²) >= 11 is 6.27. The summed E-state index contributed by atoms with van der Waals surface area (Å²) in [5, 5.41) is 0.630. The van der Waals surface area contributed by atoms with E-state index in [0.717, 1.165) is 17.7 Å². The predicted octanol–water partition coefficient (Wildman–Crippen LogP) is 2.53. The van der Waals surface area contributed by atoms with Crippen molar-refractivity contribution >= 4 is 17.3 Å². The summed E-state index contributed by atoms with van der Waals surface area (Å²) in [5.41, 5.74) is 7.46. The molecular formula is C14H19ClF3N3. The van der Waals surface area contributed by atoms with Crippen LogP contribution in [0.1, 0.15) is 5.56 Å². The summed E-state index contributed by atoms with van der Waals surface area (Å²) in [6.07, 6.45) is -3.37. The van der Waals surface area contributed by atoms with Crippen LogP contribution in [-0.2, 0) is 6.42 Å². The van der Waals surface area contributed by atoms with Crippen LogP contribution in [0.2, 0.25) is 5.02 Å². The maximum Gasteiger partial charge on any atom is 0.401 e. The zero-order valence-corrected chi connectivity index (χ0v) is 12.4. The van der Waals surface area contributed by atoms with Gasteiger partial charge in [0.2, 0.25) is 0 Å². The molecule has 0 atom stereocenters. The lowest BCUT2D eigenvalue weighted by atomic mass is 10.1. The standard InChI is InChI=1S/C14H19ClF3N3/c15-12-9-11(3-4-19)1-2-13(12)21-7-5-20(6-8-21)10-14(16,17)18/h1-2,9H,3-8,10,19H2. The summed E-state index contributed by atoms with van der Waals surface area (Å²) in [4.78, 5) is 3.45. The average molecular weight is 322 g/mol. The highest BCUT2D eigenvalue weighted by atomic mass is 35.5. The third-order valence-electron chi connectivity index (χ3n) is 3.56. The quantitative estimate of drug-likeness (QED) is 0.925. The number of hydrogen-bond acceptors (Lipinski definition) is 3. The lowest BCUT2D eigenvalue weighted by molar-refractivity contribution is -0.146. The number of piperazine rings is 1. The molecule has 0 amide bonds. The van der Waals surface area contributed by atoms with Crippen molar-refractivity contribution in [1.82, 2.24) is 4.90 Å². The van der Waals surface area contributed by atoms with Crippen LogP contribution in [0.4, 0.5) is 18.9 Å². The Hall–Kier alpha value is -0.980. The van der Waals surface area contributed by atoms with E-state index in [1.54, 1.807) is 0 Å². The Morgan fingerprint density at radius 1 is 1.14 bits per heavy atom. The predicted molar refractivity (Wildman–Crippen MR) is 78.9 cm³/mol. The van der Waals surface area contributed by atoms with Crippen LogP contribution in [0, 0.1) is 0 Å². The third-order valence-corrected chi connectivity index (χ3v) is 3.86. The minimum absolute atomic E-state index is 0.389. The first-order valence-corrected chi connectivity index (χ1v) is 7.29. The molecule has 118 valence electrons. The fourth-order valence-corrected chi connectivity index (χ4v) is 2.85. The first-order chi connectivity index (χ1) is 9.89. The first-order valence-electron chi connectivity index (χ1n) is 6.91. The topological polar surface area (TPSA) is 32.5 Å². The van der Waals surface area contributed by atoms with Gasteiger partial charge in [0.15, 0.2) is 0 Å². The lowest BCUT2D eigenvalue weighted by Gasteiger charge is -2.36. The molecule has 0 aliphatic carbocycles. The van der Waals surface area contributed by atoms with E-state index in [1.807, 2.05) is 23.1 Å². The highest BCUT2D eigenvalue weighted by molar-refractivity contribution is 6.33. The van der Waals surface area contributed by atoms with Gasteiger partial charge in [0.1, 0.15) is 0 Å². The summed E-state index contributed by atoms with van der Waals surface area (Å²) in [6.45, 7) is 1.59. The molecule has 0 bridgehead atoms. The molecule has 0 saturated carbocycles. The SMILES string of the molecule is NCCc1ccc(N2CCN(CC(F)(F)F)CC2)c(Cl)c1. The fourth-order valence-electron chi connectivity index (χ4n) is 2.53. The van der Waals surface area contributed by atoms with Crippen molar-refractivity contribution in [2.24, 2.45) is 5.73 Å². The molecule has 0 unspecified atom stereocenters. The minimum atomic E-state index is -4.14. The van der Waals surface area contributed by atoms with Gasteiger partial charge in [0, 0.05) is 26.2 Å². The molecule has 1 aliphatic rings. The summed E-state index contributed by atoms with van der Waals surface area (Å²) in [6, 6.07) is 5.77. The zero-order chi connectivity index (χ0) is 15.5. The Labute approximate surface area is 127 Å². The molecule has 2 rings (SSSR count). The Kier molecular flexibility index (Phi) is 5.35. The largest absolute Gasteiger partial charge is 0.401 e. The van der Waals surface area contributed by atoms with Crippen LogP contribution in [-0.4, -0.2) is 50.3 Å². The van der Waals surface area contributed by atoms with Crippen molar-refractivity contribution in [2.75, 3.05) is 44.2 Å². The number of nitrogens with two attached hydrogens (primary N) is 1. The molecule has 1 aliphatic heterocycles. The van der Waals surface area contributed by atoms with Crippen LogP contribution in [0.5, 0.6) is 0 Å². The Morgan fingerprint density at radius 2 is 1.81 bits per heavy atom. The van der Waals surface area contributed by atoms with E-state index in [2.05, 4.69) is 0 Å². The van der Waals surface area contributed by atoms with Gasteiger partial charge in [-0.25, -0.2) is 0 Å². The van der Waals surface area contributed by atoms with Crippen molar-refractivity contribution in [1.29, 1.82) is 0 Å². The van der Waals surface area contributed by atoms with Gasteiger partial charge in [-0.05, 0) is 30.7 Å². The van der Waals surface area contributed by atoms with E-state index in [4.69, 9.17) is 17.3 Å². The maximum atomic E-state index is 12.4. The number of alkyl halides is 3. The molecule has 1 fully saturated rings. The second-order valence-corrected chi connectivity index (χ2v) is 5.61. The molecule has 0 aromatic heterocycles. The minimum Gasteiger partial charge on any atom is -0.368 e. The van der Waals surface area contributed by atoms with E-state index in [0.29, 0.717) is 37.7 Å².